The number of pyridine rings is 1. The topological polar surface area (TPSA) is 49.6 Å². The maximum atomic E-state index is 13.2. The summed E-state index contributed by atoms with van der Waals surface area (Å²) in [6.45, 7) is 3.83. The van der Waals surface area contributed by atoms with Crippen LogP contribution in [0.25, 0.3) is 27.3 Å². The van der Waals surface area contributed by atoms with Gasteiger partial charge in [0.15, 0.2) is 5.43 Å². The quantitative estimate of drug-likeness (QED) is 0.402. The Bertz CT molecular complexity index is 1120. The van der Waals surface area contributed by atoms with Gasteiger partial charge < -0.3 is 10.2 Å². The summed E-state index contributed by atoms with van der Waals surface area (Å²) in [6, 6.07) is 11.7. The van der Waals surface area contributed by atoms with E-state index in [1.165, 1.54) is 0 Å². The normalized spacial score (nSPS) is 11.1. The number of aryl methyl sites for hydroxylation is 1. The number of rotatable bonds is 5. The fourth-order valence-electron chi connectivity index (χ4n) is 3.57. The predicted molar refractivity (Wildman–Crippen MR) is 119 cm³/mol. The van der Waals surface area contributed by atoms with Crippen LogP contribution in [0.15, 0.2) is 41.2 Å². The Hall–Kier alpha value is -2.08. The van der Waals surface area contributed by atoms with Gasteiger partial charge in [-0.1, -0.05) is 12.1 Å². The molecule has 0 fully saturated rings. The summed E-state index contributed by atoms with van der Waals surface area (Å²) in [7, 11) is 4.13. The second-order valence-electron chi connectivity index (χ2n) is 6.78. The molecule has 0 bridgehead atoms. The fraction of sp³-hybridized carbons (Fsp3) is 0.300. The second kappa shape index (κ2) is 8.30. The van der Waals surface area contributed by atoms with Gasteiger partial charge >= 0.3 is 0 Å². The van der Waals surface area contributed by atoms with Gasteiger partial charge in [-0.15, -0.1) is 24.8 Å². The minimum atomic E-state index is 0. The van der Waals surface area contributed by atoms with Crippen molar-refractivity contribution in [1.82, 2.24) is 14.3 Å². The largest absolute Gasteiger partial charge is 0.384 e. The van der Waals surface area contributed by atoms with E-state index in [-0.39, 0.29) is 30.2 Å². The number of halogens is 2. The van der Waals surface area contributed by atoms with Crippen LogP contribution in [0.3, 0.4) is 0 Å². The molecule has 0 saturated carbocycles. The van der Waals surface area contributed by atoms with Crippen molar-refractivity contribution in [2.75, 3.05) is 32.5 Å². The predicted octanol–water partition coefficient (Wildman–Crippen LogP) is 3.95. The van der Waals surface area contributed by atoms with Crippen LogP contribution in [0.1, 0.15) is 12.2 Å². The summed E-state index contributed by atoms with van der Waals surface area (Å²) in [5.74, 6) is 0.904. The van der Waals surface area contributed by atoms with E-state index in [9.17, 15) is 4.79 Å². The Morgan fingerprint density at radius 3 is 2.59 bits per heavy atom. The number of nitrogens with zero attached hydrogens (tertiary/aromatic N) is 3. The van der Waals surface area contributed by atoms with Crippen LogP contribution >= 0.6 is 24.8 Å². The van der Waals surface area contributed by atoms with Crippen LogP contribution in [-0.4, -0.2) is 41.5 Å². The van der Waals surface area contributed by atoms with Gasteiger partial charge in [-0.3, -0.25) is 9.20 Å². The number of anilines is 1. The third-order valence-corrected chi connectivity index (χ3v) is 4.70. The van der Waals surface area contributed by atoms with Crippen molar-refractivity contribution in [1.29, 1.82) is 0 Å². The molecule has 5 nitrogen and oxygen atoms in total. The molecular formula is C20H24Cl2N4O. The first kappa shape index (κ1) is 21.2. The van der Waals surface area contributed by atoms with Crippen LogP contribution < -0.4 is 10.7 Å². The average Bonchev–Trinajstić information content (AvgIpc) is 2.93. The molecule has 4 rings (SSSR count). The van der Waals surface area contributed by atoms with E-state index in [1.807, 2.05) is 43.3 Å². The van der Waals surface area contributed by atoms with Gasteiger partial charge in [0.1, 0.15) is 5.82 Å². The van der Waals surface area contributed by atoms with Crippen molar-refractivity contribution in [3.05, 3.63) is 52.4 Å². The van der Waals surface area contributed by atoms with E-state index < -0.39 is 0 Å². The smallest absolute Gasteiger partial charge is 0.199 e. The van der Waals surface area contributed by atoms with Crippen molar-refractivity contribution >= 4 is 57.8 Å². The molecule has 0 atom stereocenters. The lowest BCUT2D eigenvalue weighted by molar-refractivity contribution is 0.405. The van der Waals surface area contributed by atoms with E-state index >= 15 is 0 Å². The number of hydrogen-bond donors (Lipinski definition) is 1. The Morgan fingerprint density at radius 1 is 1.11 bits per heavy atom. The molecule has 0 aliphatic heterocycles. The highest BCUT2D eigenvalue weighted by Crippen LogP contribution is 2.29. The molecule has 0 amide bonds. The van der Waals surface area contributed by atoms with Crippen molar-refractivity contribution in [3.8, 4) is 0 Å². The van der Waals surface area contributed by atoms with Gasteiger partial charge in [-0.2, -0.15) is 0 Å². The molecule has 0 aliphatic rings. The molecule has 2 aromatic heterocycles. The zero-order valence-corrected chi connectivity index (χ0v) is 17.3. The van der Waals surface area contributed by atoms with Crippen molar-refractivity contribution in [2.45, 2.75) is 13.3 Å². The van der Waals surface area contributed by atoms with Crippen LogP contribution in [-0.2, 0) is 0 Å². The van der Waals surface area contributed by atoms with Crippen molar-refractivity contribution < 1.29 is 0 Å². The Labute approximate surface area is 170 Å². The summed E-state index contributed by atoms with van der Waals surface area (Å²) < 4.78 is 2.10. The highest BCUT2D eigenvalue weighted by molar-refractivity contribution is 6.07. The van der Waals surface area contributed by atoms with Crippen LogP contribution in [0.2, 0.25) is 0 Å². The summed E-state index contributed by atoms with van der Waals surface area (Å²) in [4.78, 5) is 20.0. The number of fused-ring (bicyclic) bond motifs is 2. The summed E-state index contributed by atoms with van der Waals surface area (Å²) in [5.41, 5.74) is 3.67. The first-order chi connectivity index (χ1) is 12.1. The highest BCUT2D eigenvalue weighted by atomic mass is 35.5. The summed E-state index contributed by atoms with van der Waals surface area (Å²) in [6.07, 6.45) is 1.02. The first-order valence-electron chi connectivity index (χ1n) is 8.62. The van der Waals surface area contributed by atoms with Gasteiger partial charge in [0.2, 0.25) is 0 Å². The lowest BCUT2D eigenvalue weighted by Crippen LogP contribution is -2.17. The Balaban J connectivity index is 0.00000131. The molecule has 2 heterocycles. The van der Waals surface area contributed by atoms with Gasteiger partial charge in [0, 0.05) is 17.6 Å². The number of benzene rings is 2. The third-order valence-electron chi connectivity index (χ3n) is 4.70. The van der Waals surface area contributed by atoms with Crippen LogP contribution in [0.4, 0.5) is 5.69 Å². The number of para-hydroxylation sites is 1. The average molecular weight is 407 g/mol. The molecule has 0 unspecified atom stereocenters. The van der Waals surface area contributed by atoms with E-state index in [1.54, 1.807) is 0 Å². The lowest BCUT2D eigenvalue weighted by Gasteiger charge is -2.13. The summed E-state index contributed by atoms with van der Waals surface area (Å²) in [5, 5.41) is 4.93. The number of imidazole rings is 1. The molecule has 144 valence electrons. The maximum absolute atomic E-state index is 13.2. The molecule has 1 N–H and O–H groups in total. The highest BCUT2D eigenvalue weighted by Gasteiger charge is 2.17. The first-order valence-corrected chi connectivity index (χ1v) is 8.62. The van der Waals surface area contributed by atoms with E-state index in [0.717, 1.165) is 58.3 Å². The fourth-order valence-corrected chi connectivity index (χ4v) is 3.57. The van der Waals surface area contributed by atoms with E-state index in [2.05, 4.69) is 33.7 Å². The Kier molecular flexibility index (Phi) is 6.52. The molecule has 2 aromatic carbocycles. The van der Waals surface area contributed by atoms with Gasteiger partial charge in [0.25, 0.3) is 0 Å². The van der Waals surface area contributed by atoms with Crippen LogP contribution in [0.5, 0.6) is 0 Å². The Morgan fingerprint density at radius 2 is 1.85 bits per heavy atom. The van der Waals surface area contributed by atoms with E-state index in [4.69, 9.17) is 0 Å². The van der Waals surface area contributed by atoms with Crippen molar-refractivity contribution in [2.24, 2.45) is 0 Å². The molecular weight excluding hydrogens is 383 g/mol. The molecule has 27 heavy (non-hydrogen) atoms. The maximum Gasteiger partial charge on any atom is 0.199 e. The molecule has 7 heteroatoms. The molecule has 0 saturated heterocycles. The zero-order valence-electron chi connectivity index (χ0n) is 15.7. The van der Waals surface area contributed by atoms with Crippen LogP contribution in [0, 0.1) is 6.92 Å². The van der Waals surface area contributed by atoms with Gasteiger partial charge in [0.05, 0.1) is 21.9 Å². The van der Waals surface area contributed by atoms with E-state index in [0.29, 0.717) is 0 Å². The SMILES string of the molecule is Cc1nc2ccc(NCCCN(C)C)c3c(=O)c4ccccc4n1c23.Cl.Cl. The standard InChI is InChI=1S/C20H22N4O.2ClH/c1-13-22-16-10-9-15(21-11-6-12-23(2)3)18-19(16)24(13)17-8-5-4-7-14(17)20(18)25;;/h4-5,7-10,21H,6,11-12H2,1-3H3;2*1H. The van der Waals surface area contributed by atoms with Gasteiger partial charge in [-0.05, 0) is 58.3 Å². The van der Waals surface area contributed by atoms with Crippen molar-refractivity contribution in [3.63, 3.8) is 0 Å². The molecule has 0 aliphatic carbocycles. The zero-order chi connectivity index (χ0) is 17.6. The minimum Gasteiger partial charge on any atom is -0.384 e. The number of hydrogen-bond acceptors (Lipinski definition) is 4. The lowest BCUT2D eigenvalue weighted by atomic mass is 10.1. The van der Waals surface area contributed by atoms with Gasteiger partial charge in [-0.25, -0.2) is 4.98 Å². The third kappa shape index (κ3) is 3.55. The minimum absolute atomic E-state index is 0. The molecule has 0 spiro atoms. The molecule has 0 radical (unpaired) electrons. The second-order valence-corrected chi connectivity index (χ2v) is 6.78. The number of nitrogens with one attached hydrogen (secondary N) is 1. The summed E-state index contributed by atoms with van der Waals surface area (Å²) >= 11 is 0. The number of aromatic nitrogens is 2. The monoisotopic (exact) mass is 406 g/mol. The molecule has 4 aromatic rings.